The molecule has 6 nitrogen and oxygen atoms in total. The summed E-state index contributed by atoms with van der Waals surface area (Å²) in [6.07, 6.45) is 7.34. The highest BCUT2D eigenvalue weighted by molar-refractivity contribution is 5.88. The molecule has 0 radical (unpaired) electrons. The molecule has 4 saturated carbocycles. The fraction of sp³-hybridized carbons (Fsp3) is 0.829. The molecule has 10 atom stereocenters. The van der Waals surface area contributed by atoms with Crippen LogP contribution < -0.4 is 0 Å². The second-order valence-electron chi connectivity index (χ2n) is 15.8. The van der Waals surface area contributed by atoms with Crippen molar-refractivity contribution >= 4 is 11.9 Å². The van der Waals surface area contributed by atoms with E-state index in [0.717, 1.165) is 36.8 Å². The summed E-state index contributed by atoms with van der Waals surface area (Å²) in [6, 6.07) is 0. The van der Waals surface area contributed by atoms with Crippen LogP contribution in [0.4, 0.5) is 0 Å². The van der Waals surface area contributed by atoms with E-state index in [1.54, 1.807) is 0 Å². The van der Waals surface area contributed by atoms with Crippen LogP contribution in [0, 0.1) is 39.9 Å². The van der Waals surface area contributed by atoms with Gasteiger partial charge >= 0.3 is 11.9 Å². The number of allylic oxidation sites excluding steroid dienone is 2. The van der Waals surface area contributed by atoms with Gasteiger partial charge < -0.3 is 19.7 Å². The number of carbonyl (C=O) groups excluding carboxylic acids is 1. The molecule has 0 aromatic rings. The summed E-state index contributed by atoms with van der Waals surface area (Å²) in [5, 5.41) is 22.5. The molecule has 6 heteroatoms. The van der Waals surface area contributed by atoms with E-state index in [1.807, 2.05) is 13.8 Å². The topological polar surface area (TPSA) is 93.1 Å². The van der Waals surface area contributed by atoms with Gasteiger partial charge in [-0.25, -0.2) is 4.79 Å². The third-order valence-electron chi connectivity index (χ3n) is 12.0. The van der Waals surface area contributed by atoms with E-state index >= 15 is 0 Å². The zero-order valence-corrected chi connectivity index (χ0v) is 27.3. The number of hydrogen-bond acceptors (Lipinski definition) is 5. The Hall–Kier alpha value is -1.66. The van der Waals surface area contributed by atoms with Crippen molar-refractivity contribution in [3.63, 3.8) is 0 Å². The maximum absolute atomic E-state index is 12.7. The normalized spacial score (nSPS) is 43.3. The number of ether oxygens (including phenoxy) is 2. The molecule has 10 unspecified atom stereocenters. The molecular formula is C35H56O6. The smallest absolute Gasteiger partial charge is 0.331 e. The van der Waals surface area contributed by atoms with Crippen molar-refractivity contribution in [3.8, 4) is 0 Å². The summed E-state index contributed by atoms with van der Waals surface area (Å²) in [5.41, 5.74) is 1.52. The number of carbonyl (C=O) groups is 2. The summed E-state index contributed by atoms with van der Waals surface area (Å²) >= 11 is 0. The molecule has 0 saturated heterocycles. The summed E-state index contributed by atoms with van der Waals surface area (Å²) in [4.78, 5) is 25.0. The molecule has 41 heavy (non-hydrogen) atoms. The molecule has 0 aromatic heterocycles. The Morgan fingerprint density at radius 3 is 2.27 bits per heavy atom. The minimum absolute atomic E-state index is 0.0416. The van der Waals surface area contributed by atoms with Crippen molar-refractivity contribution in [1.82, 2.24) is 0 Å². The largest absolute Gasteiger partial charge is 0.478 e. The first-order valence-electron chi connectivity index (χ1n) is 16.0. The van der Waals surface area contributed by atoms with E-state index in [0.29, 0.717) is 43.1 Å². The minimum atomic E-state index is -0.938. The average Bonchev–Trinajstić information content (AvgIpc) is 3.09. The molecular weight excluding hydrogens is 516 g/mol. The van der Waals surface area contributed by atoms with E-state index in [4.69, 9.17) is 9.47 Å². The third-order valence-corrected chi connectivity index (χ3v) is 12.0. The molecule has 0 heterocycles. The Morgan fingerprint density at radius 1 is 1.05 bits per heavy atom. The SMILES string of the molecule is CC(=O)OC1CC2(C)C(CC(O)C3C4(C)CCC(OC(C)(C)C)C(C)C4CCC32C)/C1=C(\CCC=C(C)C)C(=O)O. The van der Waals surface area contributed by atoms with Gasteiger partial charge in [-0.15, -0.1) is 0 Å². The summed E-state index contributed by atoms with van der Waals surface area (Å²) in [6.45, 7) is 21.3. The van der Waals surface area contributed by atoms with E-state index in [1.165, 1.54) is 6.92 Å². The Labute approximate surface area is 248 Å². The lowest BCUT2D eigenvalue weighted by Gasteiger charge is -2.69. The van der Waals surface area contributed by atoms with Crippen molar-refractivity contribution in [1.29, 1.82) is 0 Å². The van der Waals surface area contributed by atoms with Crippen molar-refractivity contribution in [2.24, 2.45) is 39.9 Å². The quantitative estimate of drug-likeness (QED) is 0.195. The fourth-order valence-electron chi connectivity index (χ4n) is 10.4. The highest BCUT2D eigenvalue weighted by Crippen LogP contribution is 2.74. The second kappa shape index (κ2) is 11.1. The molecule has 4 aliphatic carbocycles. The van der Waals surface area contributed by atoms with Gasteiger partial charge in [-0.05, 0) is 131 Å². The van der Waals surface area contributed by atoms with Crippen LogP contribution in [0.3, 0.4) is 0 Å². The maximum Gasteiger partial charge on any atom is 0.331 e. The highest BCUT2D eigenvalue weighted by atomic mass is 16.5. The Balaban J connectivity index is 1.77. The van der Waals surface area contributed by atoms with Crippen molar-refractivity contribution in [2.45, 2.75) is 145 Å². The van der Waals surface area contributed by atoms with E-state index in [-0.39, 0.29) is 45.8 Å². The number of aliphatic carboxylic acids is 1. The number of carboxylic acid groups (broad SMARTS) is 1. The van der Waals surface area contributed by atoms with Crippen LogP contribution in [-0.2, 0) is 19.1 Å². The monoisotopic (exact) mass is 572 g/mol. The lowest BCUT2D eigenvalue weighted by molar-refractivity contribution is -0.242. The zero-order valence-electron chi connectivity index (χ0n) is 27.3. The molecule has 0 aromatic carbocycles. The summed E-state index contributed by atoms with van der Waals surface area (Å²) in [7, 11) is 0. The van der Waals surface area contributed by atoms with Crippen LogP contribution in [0.1, 0.15) is 121 Å². The molecule has 0 spiro atoms. The lowest BCUT2D eigenvalue weighted by Crippen LogP contribution is -2.65. The lowest BCUT2D eigenvalue weighted by atomic mass is 9.36. The van der Waals surface area contributed by atoms with Gasteiger partial charge in [0.05, 0.1) is 17.8 Å². The van der Waals surface area contributed by atoms with Gasteiger partial charge in [0.2, 0.25) is 0 Å². The number of rotatable bonds is 6. The van der Waals surface area contributed by atoms with Crippen LogP contribution in [0.2, 0.25) is 0 Å². The van der Waals surface area contributed by atoms with Gasteiger partial charge in [0, 0.05) is 12.5 Å². The molecule has 4 fully saturated rings. The highest BCUT2D eigenvalue weighted by Gasteiger charge is 2.71. The van der Waals surface area contributed by atoms with Crippen molar-refractivity contribution < 1.29 is 29.3 Å². The van der Waals surface area contributed by atoms with Crippen LogP contribution in [0.15, 0.2) is 22.8 Å². The molecule has 0 aliphatic heterocycles. The first kappa shape index (κ1) is 32.3. The molecule has 0 bridgehead atoms. The van der Waals surface area contributed by atoms with Crippen LogP contribution in [0.5, 0.6) is 0 Å². The van der Waals surface area contributed by atoms with E-state index in [2.05, 4.69) is 54.5 Å². The number of hydrogen-bond donors (Lipinski definition) is 2. The van der Waals surface area contributed by atoms with Gasteiger partial charge in [0.1, 0.15) is 6.10 Å². The van der Waals surface area contributed by atoms with Gasteiger partial charge in [-0.2, -0.15) is 0 Å². The van der Waals surface area contributed by atoms with Gasteiger partial charge in [0.15, 0.2) is 0 Å². The average molecular weight is 573 g/mol. The predicted octanol–water partition coefficient (Wildman–Crippen LogP) is 7.49. The van der Waals surface area contributed by atoms with E-state index < -0.39 is 18.2 Å². The molecule has 4 rings (SSSR count). The number of aliphatic hydroxyl groups excluding tert-OH is 1. The molecule has 4 aliphatic rings. The van der Waals surface area contributed by atoms with Gasteiger partial charge in [0.25, 0.3) is 0 Å². The van der Waals surface area contributed by atoms with Crippen LogP contribution in [-0.4, -0.2) is 46.1 Å². The molecule has 2 N–H and O–H groups in total. The molecule has 0 amide bonds. The minimum Gasteiger partial charge on any atom is -0.478 e. The Kier molecular flexibility index (Phi) is 8.75. The van der Waals surface area contributed by atoms with Gasteiger partial charge in [-0.1, -0.05) is 39.3 Å². The number of aliphatic hydroxyl groups is 1. The number of fused-ring (bicyclic) bond motifs is 5. The Bertz CT molecular complexity index is 1090. The zero-order chi connectivity index (χ0) is 30.7. The molecule has 232 valence electrons. The summed E-state index contributed by atoms with van der Waals surface area (Å²) < 4.78 is 12.5. The second-order valence-corrected chi connectivity index (χ2v) is 15.8. The first-order valence-corrected chi connectivity index (χ1v) is 16.0. The number of esters is 1. The van der Waals surface area contributed by atoms with Crippen molar-refractivity contribution in [2.75, 3.05) is 0 Å². The van der Waals surface area contributed by atoms with E-state index in [9.17, 15) is 19.8 Å². The summed E-state index contributed by atoms with van der Waals surface area (Å²) in [5.74, 6) is -0.518. The Morgan fingerprint density at radius 2 is 1.71 bits per heavy atom. The van der Waals surface area contributed by atoms with Gasteiger partial charge in [-0.3, -0.25) is 4.79 Å². The standard InChI is InChI=1S/C35H56O6/c1-20(2)12-11-13-23(31(38)39)29-25-18-26(37)30-33(8)16-15-27(41-32(5,6)7)21(3)24(33)14-17-34(30,9)35(25,10)19-28(29)40-22(4)36/h12,21,24-28,30,37H,11,13-19H2,1-10H3,(H,38,39)/b29-23-. The van der Waals surface area contributed by atoms with Crippen molar-refractivity contribution in [3.05, 3.63) is 22.8 Å². The maximum atomic E-state index is 12.7. The predicted molar refractivity (Wildman–Crippen MR) is 161 cm³/mol. The van der Waals surface area contributed by atoms with Crippen LogP contribution >= 0.6 is 0 Å². The fourth-order valence-corrected chi connectivity index (χ4v) is 10.4. The number of carboxylic acids is 1. The third kappa shape index (κ3) is 5.57. The first-order chi connectivity index (χ1) is 18.9. The van der Waals surface area contributed by atoms with Crippen LogP contribution in [0.25, 0.3) is 0 Å².